The number of methoxy groups -OCH3 is 1. The fourth-order valence-electron chi connectivity index (χ4n) is 2.60. The van der Waals surface area contributed by atoms with Gasteiger partial charge in [-0.3, -0.25) is 0 Å². The Bertz CT molecular complexity index is 724. The van der Waals surface area contributed by atoms with Gasteiger partial charge in [0, 0.05) is 37.0 Å². The van der Waals surface area contributed by atoms with Crippen molar-refractivity contribution in [3.63, 3.8) is 0 Å². The minimum absolute atomic E-state index is 0.248. The maximum absolute atomic E-state index is 13.8. The summed E-state index contributed by atoms with van der Waals surface area (Å²) in [5, 5.41) is 3.83. The molecule has 0 spiro atoms. The summed E-state index contributed by atoms with van der Waals surface area (Å²) in [5.41, 5.74) is 0.289. The highest BCUT2D eigenvalue weighted by Crippen LogP contribution is 2.27. The molecule has 134 valence electrons. The Morgan fingerprint density at radius 3 is 2.96 bits per heavy atom. The van der Waals surface area contributed by atoms with Gasteiger partial charge in [0.05, 0.1) is 7.11 Å². The molecule has 0 saturated carbocycles. The standard InChI is InChI=1S/C17H20F2N4OS/c1-24-15-10-14(23-8-3-6-20-7-9-23)21-17(22-15)25-11-12-4-2-5-13(18)16(12)19/h2,4-5,10,20H,3,6-9,11H2,1H3. The zero-order valence-corrected chi connectivity index (χ0v) is 14.8. The summed E-state index contributed by atoms with van der Waals surface area (Å²) in [6, 6.07) is 5.97. The molecule has 3 rings (SSSR count). The van der Waals surface area contributed by atoms with E-state index in [1.165, 1.54) is 17.8 Å². The van der Waals surface area contributed by atoms with Gasteiger partial charge in [0.15, 0.2) is 16.8 Å². The van der Waals surface area contributed by atoms with Crippen LogP contribution >= 0.6 is 11.8 Å². The fourth-order valence-corrected chi connectivity index (χ4v) is 3.42. The van der Waals surface area contributed by atoms with Crippen LogP contribution in [0.1, 0.15) is 12.0 Å². The van der Waals surface area contributed by atoms with E-state index in [1.807, 2.05) is 0 Å². The van der Waals surface area contributed by atoms with Gasteiger partial charge in [-0.1, -0.05) is 23.9 Å². The molecule has 8 heteroatoms. The van der Waals surface area contributed by atoms with Crippen molar-refractivity contribution >= 4 is 17.6 Å². The largest absolute Gasteiger partial charge is 0.481 e. The van der Waals surface area contributed by atoms with Crippen LogP contribution in [0.5, 0.6) is 5.88 Å². The maximum Gasteiger partial charge on any atom is 0.219 e. The first-order chi connectivity index (χ1) is 12.2. The normalized spacial score (nSPS) is 15.1. The molecule has 0 aliphatic carbocycles. The lowest BCUT2D eigenvalue weighted by atomic mass is 10.2. The molecule has 5 nitrogen and oxygen atoms in total. The number of hydrogen-bond acceptors (Lipinski definition) is 6. The van der Waals surface area contributed by atoms with Crippen molar-refractivity contribution in [2.45, 2.75) is 17.3 Å². The minimum atomic E-state index is -0.845. The Labute approximate surface area is 149 Å². The number of ether oxygens (including phenoxy) is 1. The lowest BCUT2D eigenvalue weighted by Gasteiger charge is -2.21. The van der Waals surface area contributed by atoms with E-state index in [9.17, 15) is 8.78 Å². The van der Waals surface area contributed by atoms with E-state index >= 15 is 0 Å². The van der Waals surface area contributed by atoms with Crippen molar-refractivity contribution in [3.8, 4) is 5.88 Å². The highest BCUT2D eigenvalue weighted by atomic mass is 32.2. The number of halogens is 2. The number of hydrogen-bond donors (Lipinski definition) is 1. The second kappa shape index (κ2) is 8.44. The topological polar surface area (TPSA) is 50.3 Å². The number of thioether (sulfide) groups is 1. The zero-order chi connectivity index (χ0) is 17.6. The van der Waals surface area contributed by atoms with Gasteiger partial charge in [-0.15, -0.1) is 0 Å². The average molecular weight is 366 g/mol. The van der Waals surface area contributed by atoms with Crippen molar-refractivity contribution < 1.29 is 13.5 Å². The second-order valence-electron chi connectivity index (χ2n) is 5.64. The number of nitrogens with one attached hydrogen (secondary N) is 1. The summed E-state index contributed by atoms with van der Waals surface area (Å²) < 4.78 is 32.4. The lowest BCUT2D eigenvalue weighted by Crippen LogP contribution is -2.28. The van der Waals surface area contributed by atoms with Crippen LogP contribution in [-0.2, 0) is 5.75 Å². The van der Waals surface area contributed by atoms with E-state index < -0.39 is 11.6 Å². The van der Waals surface area contributed by atoms with Crippen LogP contribution in [0.3, 0.4) is 0 Å². The Morgan fingerprint density at radius 1 is 1.24 bits per heavy atom. The molecule has 25 heavy (non-hydrogen) atoms. The van der Waals surface area contributed by atoms with Gasteiger partial charge in [-0.2, -0.15) is 4.98 Å². The molecule has 0 radical (unpaired) electrons. The Kier molecular flexibility index (Phi) is 6.04. The van der Waals surface area contributed by atoms with Crippen LogP contribution in [-0.4, -0.2) is 43.3 Å². The molecule has 1 aromatic carbocycles. The first-order valence-corrected chi connectivity index (χ1v) is 9.10. The Morgan fingerprint density at radius 2 is 2.12 bits per heavy atom. The van der Waals surface area contributed by atoms with Crippen molar-refractivity contribution in [2.75, 3.05) is 38.2 Å². The van der Waals surface area contributed by atoms with Crippen LogP contribution in [0, 0.1) is 11.6 Å². The maximum atomic E-state index is 13.8. The van der Waals surface area contributed by atoms with Crippen molar-refractivity contribution in [1.82, 2.24) is 15.3 Å². The zero-order valence-electron chi connectivity index (χ0n) is 14.0. The summed E-state index contributed by atoms with van der Waals surface area (Å²) in [4.78, 5) is 11.1. The molecule has 1 fully saturated rings. The lowest BCUT2D eigenvalue weighted by molar-refractivity contribution is 0.392. The minimum Gasteiger partial charge on any atom is -0.481 e. The number of anilines is 1. The summed E-state index contributed by atoms with van der Waals surface area (Å²) in [6.45, 7) is 3.63. The van der Waals surface area contributed by atoms with Crippen molar-refractivity contribution in [2.24, 2.45) is 0 Å². The second-order valence-corrected chi connectivity index (χ2v) is 6.59. The molecule has 2 aromatic rings. The predicted octanol–water partition coefficient (Wildman–Crippen LogP) is 2.86. The van der Waals surface area contributed by atoms with Gasteiger partial charge in [-0.25, -0.2) is 13.8 Å². The smallest absolute Gasteiger partial charge is 0.219 e. The number of benzene rings is 1. The molecule has 1 N–H and O–H groups in total. The van der Waals surface area contributed by atoms with Crippen LogP contribution in [0.2, 0.25) is 0 Å². The molecule has 1 aliphatic rings. The van der Waals surface area contributed by atoms with Crippen LogP contribution in [0.4, 0.5) is 14.6 Å². The first kappa shape index (κ1) is 17.9. The van der Waals surface area contributed by atoms with Gasteiger partial charge in [0.2, 0.25) is 5.88 Å². The summed E-state index contributed by atoms with van der Waals surface area (Å²) >= 11 is 1.26. The Hall–Kier alpha value is -1.93. The molecule has 0 atom stereocenters. The quantitative estimate of drug-likeness (QED) is 0.649. The van der Waals surface area contributed by atoms with Crippen LogP contribution in [0.15, 0.2) is 29.4 Å². The van der Waals surface area contributed by atoms with E-state index in [4.69, 9.17) is 4.74 Å². The van der Waals surface area contributed by atoms with Gasteiger partial charge >= 0.3 is 0 Å². The van der Waals surface area contributed by atoms with E-state index in [0.29, 0.717) is 11.0 Å². The van der Waals surface area contributed by atoms with E-state index in [-0.39, 0.29) is 11.3 Å². The molecule has 1 aromatic heterocycles. The monoisotopic (exact) mass is 366 g/mol. The Balaban J connectivity index is 1.78. The summed E-state index contributed by atoms with van der Waals surface area (Å²) in [7, 11) is 1.55. The van der Waals surface area contributed by atoms with E-state index in [1.54, 1.807) is 19.2 Å². The molecule has 1 aliphatic heterocycles. The number of rotatable bonds is 5. The average Bonchev–Trinajstić information content (AvgIpc) is 2.92. The van der Waals surface area contributed by atoms with Gasteiger partial charge in [0.25, 0.3) is 0 Å². The third-order valence-corrected chi connectivity index (χ3v) is 4.83. The number of nitrogens with zero attached hydrogens (tertiary/aromatic N) is 3. The molecule has 0 amide bonds. The molecule has 1 saturated heterocycles. The van der Waals surface area contributed by atoms with Crippen molar-refractivity contribution in [1.29, 1.82) is 0 Å². The molecule has 2 heterocycles. The molecule has 0 bridgehead atoms. The third kappa shape index (κ3) is 4.58. The highest BCUT2D eigenvalue weighted by molar-refractivity contribution is 7.98. The van der Waals surface area contributed by atoms with Gasteiger partial charge in [0.1, 0.15) is 5.82 Å². The van der Waals surface area contributed by atoms with E-state index in [0.717, 1.165) is 44.5 Å². The summed E-state index contributed by atoms with van der Waals surface area (Å²) in [6.07, 6.45) is 1.03. The molecule has 0 unspecified atom stereocenters. The van der Waals surface area contributed by atoms with Crippen molar-refractivity contribution in [3.05, 3.63) is 41.5 Å². The van der Waals surface area contributed by atoms with E-state index in [2.05, 4.69) is 20.2 Å². The van der Waals surface area contributed by atoms with Crippen LogP contribution in [0.25, 0.3) is 0 Å². The van der Waals surface area contributed by atoms with Gasteiger partial charge in [-0.05, 0) is 19.0 Å². The van der Waals surface area contributed by atoms with Crippen LogP contribution < -0.4 is 15.0 Å². The van der Waals surface area contributed by atoms with Gasteiger partial charge < -0.3 is 15.0 Å². The highest BCUT2D eigenvalue weighted by Gasteiger charge is 2.15. The first-order valence-electron chi connectivity index (χ1n) is 8.12. The SMILES string of the molecule is COc1cc(N2CCCNCC2)nc(SCc2cccc(F)c2F)n1. The molecular formula is C17H20F2N4OS. The molecular weight excluding hydrogens is 346 g/mol. The fraction of sp³-hybridized carbons (Fsp3) is 0.412. The number of aromatic nitrogens is 2. The predicted molar refractivity (Wildman–Crippen MR) is 94.2 cm³/mol. The summed E-state index contributed by atoms with van der Waals surface area (Å²) in [5.74, 6) is -0.168. The third-order valence-electron chi connectivity index (χ3n) is 3.93.